The Morgan fingerprint density at radius 2 is 2.00 bits per heavy atom. The number of aliphatic hydroxyl groups is 1. The lowest BCUT2D eigenvalue weighted by Crippen LogP contribution is -2.07. The van der Waals surface area contributed by atoms with E-state index in [-0.39, 0.29) is 12.3 Å². The third-order valence-electron chi connectivity index (χ3n) is 1.63. The smallest absolute Gasteiger partial charge is 0.244 e. The molecule has 0 saturated carbocycles. The highest BCUT2D eigenvalue weighted by Crippen LogP contribution is 2.26. The Bertz CT molecular complexity index is 307. The average molecular weight is 213 g/mol. The van der Waals surface area contributed by atoms with E-state index in [1.54, 1.807) is 0 Å². The van der Waals surface area contributed by atoms with E-state index in [0.717, 1.165) is 0 Å². The fourth-order valence-electron chi connectivity index (χ4n) is 0.964. The fraction of sp³-hybridized carbons (Fsp3) is 0.556. The van der Waals surface area contributed by atoms with Crippen molar-refractivity contribution in [2.45, 2.75) is 13.3 Å². The highest BCUT2D eigenvalue weighted by atomic mass is 16.5. The Labute approximate surface area is 88.1 Å². The Kier molecular flexibility index (Phi) is 4.62. The first kappa shape index (κ1) is 11.5. The molecule has 0 bridgehead atoms. The van der Waals surface area contributed by atoms with Gasteiger partial charge in [-0.3, -0.25) is 0 Å². The molecule has 0 aliphatic heterocycles. The SMILES string of the molecule is CCOc1ncnc(OCCCO)c1N. The molecule has 0 aliphatic carbocycles. The largest absolute Gasteiger partial charge is 0.476 e. The van der Waals surface area contributed by atoms with Gasteiger partial charge >= 0.3 is 0 Å². The van der Waals surface area contributed by atoms with Crippen molar-refractivity contribution in [1.82, 2.24) is 9.97 Å². The number of aromatic nitrogens is 2. The number of nitrogen functional groups attached to an aromatic ring is 1. The first-order chi connectivity index (χ1) is 7.29. The van der Waals surface area contributed by atoms with Crippen LogP contribution in [0.25, 0.3) is 0 Å². The second kappa shape index (κ2) is 6.02. The summed E-state index contributed by atoms with van der Waals surface area (Å²) in [5, 5.41) is 8.58. The number of nitrogens with two attached hydrogens (primary N) is 1. The molecule has 0 aromatic carbocycles. The normalized spacial score (nSPS) is 10.0. The van der Waals surface area contributed by atoms with Gasteiger partial charge in [-0.15, -0.1) is 0 Å². The van der Waals surface area contributed by atoms with Gasteiger partial charge in [0.1, 0.15) is 6.33 Å². The summed E-state index contributed by atoms with van der Waals surface area (Å²) >= 11 is 0. The molecule has 0 atom stereocenters. The summed E-state index contributed by atoms with van der Waals surface area (Å²) in [6, 6.07) is 0. The maximum atomic E-state index is 8.58. The molecule has 6 nitrogen and oxygen atoms in total. The van der Waals surface area contributed by atoms with E-state index >= 15 is 0 Å². The van der Waals surface area contributed by atoms with Crippen molar-refractivity contribution in [2.75, 3.05) is 25.6 Å². The molecule has 1 aromatic rings. The number of hydrogen-bond donors (Lipinski definition) is 2. The van der Waals surface area contributed by atoms with Crippen LogP contribution in [0, 0.1) is 0 Å². The van der Waals surface area contributed by atoms with Crippen LogP contribution in [-0.4, -0.2) is 34.9 Å². The Morgan fingerprint density at radius 3 is 2.60 bits per heavy atom. The van der Waals surface area contributed by atoms with E-state index in [1.165, 1.54) is 6.33 Å². The summed E-state index contributed by atoms with van der Waals surface area (Å²) < 4.78 is 10.4. The van der Waals surface area contributed by atoms with Gasteiger partial charge in [0.2, 0.25) is 11.8 Å². The van der Waals surface area contributed by atoms with E-state index in [9.17, 15) is 0 Å². The molecule has 0 amide bonds. The minimum Gasteiger partial charge on any atom is -0.476 e. The van der Waals surface area contributed by atoms with E-state index in [1.807, 2.05) is 6.92 Å². The van der Waals surface area contributed by atoms with Gasteiger partial charge in [-0.25, -0.2) is 0 Å². The third-order valence-corrected chi connectivity index (χ3v) is 1.63. The van der Waals surface area contributed by atoms with Crippen LogP contribution in [-0.2, 0) is 0 Å². The van der Waals surface area contributed by atoms with Crippen LogP contribution in [0.2, 0.25) is 0 Å². The maximum Gasteiger partial charge on any atom is 0.244 e. The molecule has 0 spiro atoms. The molecule has 15 heavy (non-hydrogen) atoms. The minimum atomic E-state index is 0.0727. The molecule has 6 heteroatoms. The first-order valence-electron chi connectivity index (χ1n) is 4.76. The van der Waals surface area contributed by atoms with Crippen molar-refractivity contribution >= 4 is 5.69 Å². The summed E-state index contributed by atoms with van der Waals surface area (Å²) in [4.78, 5) is 7.74. The van der Waals surface area contributed by atoms with Gasteiger partial charge < -0.3 is 20.3 Å². The molecular formula is C9H15N3O3. The van der Waals surface area contributed by atoms with Gasteiger partial charge in [0.25, 0.3) is 0 Å². The lowest BCUT2D eigenvalue weighted by Gasteiger charge is -2.09. The second-order valence-corrected chi connectivity index (χ2v) is 2.76. The molecule has 0 fully saturated rings. The zero-order valence-electron chi connectivity index (χ0n) is 8.64. The van der Waals surface area contributed by atoms with Crippen molar-refractivity contribution < 1.29 is 14.6 Å². The molecule has 0 unspecified atom stereocenters. The van der Waals surface area contributed by atoms with Crippen molar-refractivity contribution in [3.8, 4) is 11.8 Å². The summed E-state index contributed by atoms with van der Waals surface area (Å²) in [5.74, 6) is 0.619. The summed E-state index contributed by atoms with van der Waals surface area (Å²) in [6.07, 6.45) is 1.86. The molecule has 84 valence electrons. The van der Waals surface area contributed by atoms with E-state index in [0.29, 0.717) is 31.4 Å². The number of anilines is 1. The first-order valence-corrected chi connectivity index (χ1v) is 4.76. The molecular weight excluding hydrogens is 198 g/mol. The Morgan fingerprint density at radius 1 is 1.33 bits per heavy atom. The van der Waals surface area contributed by atoms with E-state index in [4.69, 9.17) is 20.3 Å². The number of nitrogens with zero attached hydrogens (tertiary/aromatic N) is 2. The molecule has 3 N–H and O–H groups in total. The van der Waals surface area contributed by atoms with Gasteiger partial charge in [-0.05, 0) is 6.92 Å². The minimum absolute atomic E-state index is 0.0727. The average Bonchev–Trinajstić information content (AvgIpc) is 2.24. The van der Waals surface area contributed by atoms with Crippen LogP contribution in [0.15, 0.2) is 6.33 Å². The van der Waals surface area contributed by atoms with Gasteiger partial charge in [-0.2, -0.15) is 9.97 Å². The zero-order valence-corrected chi connectivity index (χ0v) is 8.64. The predicted octanol–water partition coefficient (Wildman–Crippen LogP) is 0.219. The topological polar surface area (TPSA) is 90.5 Å². The molecule has 1 aromatic heterocycles. The van der Waals surface area contributed by atoms with Gasteiger partial charge in [-0.1, -0.05) is 0 Å². The quantitative estimate of drug-likeness (QED) is 0.657. The van der Waals surface area contributed by atoms with Gasteiger partial charge in [0, 0.05) is 13.0 Å². The summed E-state index contributed by atoms with van der Waals surface area (Å²) in [5.41, 5.74) is 6.00. The lowest BCUT2D eigenvalue weighted by molar-refractivity contribution is 0.228. The monoisotopic (exact) mass is 213 g/mol. The van der Waals surface area contributed by atoms with Crippen LogP contribution >= 0.6 is 0 Å². The molecule has 1 heterocycles. The molecule has 0 saturated heterocycles. The molecule has 1 rings (SSSR count). The van der Waals surface area contributed by atoms with Gasteiger partial charge in [0.15, 0.2) is 5.69 Å². The van der Waals surface area contributed by atoms with Crippen LogP contribution in [0.3, 0.4) is 0 Å². The maximum absolute atomic E-state index is 8.58. The zero-order chi connectivity index (χ0) is 11.1. The number of ether oxygens (including phenoxy) is 2. The number of rotatable bonds is 6. The van der Waals surface area contributed by atoms with Crippen LogP contribution < -0.4 is 15.2 Å². The Hall–Kier alpha value is -1.56. The molecule has 0 aliphatic rings. The Balaban J connectivity index is 2.66. The summed E-state index contributed by atoms with van der Waals surface area (Å²) in [6.45, 7) is 2.76. The standard InChI is InChI=1S/C9H15N3O3/c1-2-14-8-7(10)9(12-6-11-8)15-5-3-4-13/h6,13H,2-5,10H2,1H3. The highest BCUT2D eigenvalue weighted by molar-refractivity contribution is 5.55. The second-order valence-electron chi connectivity index (χ2n) is 2.76. The predicted molar refractivity (Wildman–Crippen MR) is 54.8 cm³/mol. The van der Waals surface area contributed by atoms with Crippen molar-refractivity contribution in [1.29, 1.82) is 0 Å². The van der Waals surface area contributed by atoms with Crippen LogP contribution in [0.1, 0.15) is 13.3 Å². The fourth-order valence-corrected chi connectivity index (χ4v) is 0.964. The lowest BCUT2D eigenvalue weighted by atomic mass is 10.4. The molecule has 0 radical (unpaired) electrons. The van der Waals surface area contributed by atoms with Crippen molar-refractivity contribution in [2.24, 2.45) is 0 Å². The van der Waals surface area contributed by atoms with Crippen LogP contribution in [0.5, 0.6) is 11.8 Å². The van der Waals surface area contributed by atoms with Gasteiger partial charge in [0.05, 0.1) is 13.2 Å². The van der Waals surface area contributed by atoms with Crippen LogP contribution in [0.4, 0.5) is 5.69 Å². The van der Waals surface area contributed by atoms with E-state index in [2.05, 4.69) is 9.97 Å². The third kappa shape index (κ3) is 3.25. The number of aliphatic hydroxyl groups excluding tert-OH is 1. The number of hydrogen-bond acceptors (Lipinski definition) is 6. The van der Waals surface area contributed by atoms with Crippen molar-refractivity contribution in [3.05, 3.63) is 6.33 Å². The summed E-state index contributed by atoms with van der Waals surface area (Å²) in [7, 11) is 0. The highest BCUT2D eigenvalue weighted by Gasteiger charge is 2.09. The van der Waals surface area contributed by atoms with Crippen molar-refractivity contribution in [3.63, 3.8) is 0 Å². The van der Waals surface area contributed by atoms with E-state index < -0.39 is 0 Å².